The van der Waals surface area contributed by atoms with Crippen LogP contribution in [0.25, 0.3) is 0 Å². The Morgan fingerprint density at radius 3 is 3.13 bits per heavy atom. The van der Waals surface area contributed by atoms with Gasteiger partial charge in [-0.1, -0.05) is 22.0 Å². The van der Waals surface area contributed by atoms with Crippen LogP contribution in [-0.2, 0) is 6.42 Å². The molecule has 0 radical (unpaired) electrons. The van der Waals surface area contributed by atoms with E-state index in [1.54, 1.807) is 0 Å². The normalized spacial score (nSPS) is 28.9. The molecule has 0 aromatic heterocycles. The fraction of sp³-hybridized carbons (Fsp3) is 0.500. The van der Waals surface area contributed by atoms with E-state index in [1.165, 1.54) is 18.4 Å². The van der Waals surface area contributed by atoms with Crippen molar-refractivity contribution in [2.24, 2.45) is 0 Å². The van der Waals surface area contributed by atoms with Gasteiger partial charge in [0, 0.05) is 17.4 Å². The Bertz CT molecular complexity index is 385. The van der Waals surface area contributed by atoms with Crippen LogP contribution in [0.1, 0.15) is 18.4 Å². The van der Waals surface area contributed by atoms with E-state index in [0.717, 1.165) is 29.7 Å². The van der Waals surface area contributed by atoms with Crippen LogP contribution in [0.4, 0.5) is 0 Å². The summed E-state index contributed by atoms with van der Waals surface area (Å²) in [4.78, 5) is 0. The van der Waals surface area contributed by atoms with Crippen molar-refractivity contribution in [2.75, 3.05) is 13.1 Å². The van der Waals surface area contributed by atoms with Crippen molar-refractivity contribution >= 4 is 15.9 Å². The second-order valence-corrected chi connectivity index (χ2v) is 5.41. The molecule has 0 bridgehead atoms. The van der Waals surface area contributed by atoms with Gasteiger partial charge in [0.25, 0.3) is 0 Å². The van der Waals surface area contributed by atoms with E-state index < -0.39 is 0 Å². The van der Waals surface area contributed by atoms with Gasteiger partial charge >= 0.3 is 0 Å². The zero-order chi connectivity index (χ0) is 10.3. The lowest BCUT2D eigenvalue weighted by atomic mass is 9.89. The van der Waals surface area contributed by atoms with Crippen molar-refractivity contribution in [3.05, 3.63) is 28.2 Å². The third kappa shape index (κ3) is 1.68. The summed E-state index contributed by atoms with van der Waals surface area (Å²) in [7, 11) is 0. The lowest BCUT2D eigenvalue weighted by Gasteiger charge is -2.33. The minimum atomic E-state index is 0.0430. The first-order valence-electron chi connectivity index (χ1n) is 5.46. The van der Waals surface area contributed by atoms with Crippen molar-refractivity contribution in [2.45, 2.75) is 24.9 Å². The van der Waals surface area contributed by atoms with Crippen LogP contribution in [0.15, 0.2) is 22.7 Å². The van der Waals surface area contributed by atoms with Gasteiger partial charge in [-0.2, -0.15) is 0 Å². The lowest BCUT2D eigenvalue weighted by molar-refractivity contribution is 0.0659. The Hall–Kier alpha value is -0.540. The quantitative estimate of drug-likeness (QED) is 0.780. The topological polar surface area (TPSA) is 21.3 Å². The molecule has 15 heavy (non-hydrogen) atoms. The molecule has 3 rings (SSSR count). The molecule has 2 aliphatic heterocycles. The summed E-state index contributed by atoms with van der Waals surface area (Å²) in [6.07, 6.45) is 3.45. The maximum Gasteiger partial charge on any atom is 0.126 e. The Balaban J connectivity index is 1.90. The van der Waals surface area contributed by atoms with Gasteiger partial charge in [-0.3, -0.25) is 0 Å². The van der Waals surface area contributed by atoms with Crippen LogP contribution in [-0.4, -0.2) is 18.7 Å². The zero-order valence-corrected chi connectivity index (χ0v) is 10.1. The Morgan fingerprint density at radius 1 is 1.40 bits per heavy atom. The molecule has 1 aromatic carbocycles. The average Bonchev–Trinajstić information content (AvgIpc) is 2.56. The lowest BCUT2D eigenvalue weighted by Crippen LogP contribution is -2.49. The number of halogens is 1. The number of fused-ring (bicyclic) bond motifs is 1. The Morgan fingerprint density at radius 2 is 2.33 bits per heavy atom. The second kappa shape index (κ2) is 3.49. The van der Waals surface area contributed by atoms with Gasteiger partial charge in [-0.15, -0.1) is 0 Å². The molecule has 2 heterocycles. The van der Waals surface area contributed by atoms with E-state index in [2.05, 4.69) is 39.4 Å². The molecule has 80 valence electrons. The molecule has 1 unspecified atom stereocenters. The highest BCUT2D eigenvalue weighted by Crippen LogP contribution is 2.39. The summed E-state index contributed by atoms with van der Waals surface area (Å²) in [5.41, 5.74) is 1.39. The molecule has 1 aromatic rings. The summed E-state index contributed by atoms with van der Waals surface area (Å²) in [5, 5.41) is 3.43. The molecule has 1 N–H and O–H groups in total. The fourth-order valence-corrected chi connectivity index (χ4v) is 2.90. The van der Waals surface area contributed by atoms with Gasteiger partial charge in [-0.05, 0) is 37.1 Å². The van der Waals surface area contributed by atoms with Crippen LogP contribution >= 0.6 is 15.9 Å². The molecular weight excluding hydrogens is 254 g/mol. The van der Waals surface area contributed by atoms with Crippen LogP contribution in [0.5, 0.6) is 5.75 Å². The highest BCUT2D eigenvalue weighted by Gasteiger charge is 2.40. The zero-order valence-electron chi connectivity index (χ0n) is 8.55. The molecule has 3 heteroatoms. The summed E-state index contributed by atoms with van der Waals surface area (Å²) in [6.45, 7) is 2.12. The first-order valence-corrected chi connectivity index (χ1v) is 6.25. The average molecular weight is 268 g/mol. The molecule has 2 aliphatic rings. The fourth-order valence-electron chi connectivity index (χ4n) is 2.56. The highest BCUT2D eigenvalue weighted by molar-refractivity contribution is 9.10. The smallest absolute Gasteiger partial charge is 0.126 e. The predicted molar refractivity (Wildman–Crippen MR) is 63.3 cm³/mol. The summed E-state index contributed by atoms with van der Waals surface area (Å²) < 4.78 is 7.22. The van der Waals surface area contributed by atoms with Crippen molar-refractivity contribution in [3.63, 3.8) is 0 Å². The molecule has 1 spiro atoms. The first-order chi connectivity index (χ1) is 7.27. The summed E-state index contributed by atoms with van der Waals surface area (Å²) >= 11 is 3.48. The monoisotopic (exact) mass is 267 g/mol. The number of ether oxygens (including phenoxy) is 1. The van der Waals surface area contributed by atoms with E-state index in [-0.39, 0.29) is 5.60 Å². The van der Waals surface area contributed by atoms with E-state index >= 15 is 0 Å². The van der Waals surface area contributed by atoms with Crippen LogP contribution in [0.3, 0.4) is 0 Å². The minimum absolute atomic E-state index is 0.0430. The molecule has 1 saturated heterocycles. The molecule has 1 atom stereocenters. The molecule has 0 saturated carbocycles. The van der Waals surface area contributed by atoms with E-state index in [1.807, 2.05) is 0 Å². The number of hydrogen-bond acceptors (Lipinski definition) is 2. The van der Waals surface area contributed by atoms with Gasteiger partial charge in [0.05, 0.1) is 0 Å². The van der Waals surface area contributed by atoms with Crippen molar-refractivity contribution in [3.8, 4) is 5.75 Å². The molecule has 1 fully saturated rings. The maximum atomic E-state index is 6.12. The van der Waals surface area contributed by atoms with Crippen molar-refractivity contribution in [1.82, 2.24) is 5.32 Å². The third-order valence-corrected chi connectivity index (χ3v) is 3.79. The minimum Gasteiger partial charge on any atom is -0.485 e. The largest absolute Gasteiger partial charge is 0.485 e. The molecule has 0 amide bonds. The third-order valence-electron chi connectivity index (χ3n) is 3.30. The molecule has 0 aliphatic carbocycles. The Kier molecular flexibility index (Phi) is 2.25. The van der Waals surface area contributed by atoms with Gasteiger partial charge < -0.3 is 10.1 Å². The summed E-state index contributed by atoms with van der Waals surface area (Å²) in [5.74, 6) is 1.06. The predicted octanol–water partition coefficient (Wildman–Crippen LogP) is 2.51. The highest BCUT2D eigenvalue weighted by atomic mass is 79.9. The van der Waals surface area contributed by atoms with Gasteiger partial charge in [0.1, 0.15) is 11.4 Å². The first kappa shape index (κ1) is 9.67. The van der Waals surface area contributed by atoms with Crippen molar-refractivity contribution in [1.29, 1.82) is 0 Å². The van der Waals surface area contributed by atoms with Crippen molar-refractivity contribution < 1.29 is 4.74 Å². The number of piperidine rings is 1. The van der Waals surface area contributed by atoms with Crippen LogP contribution < -0.4 is 10.1 Å². The van der Waals surface area contributed by atoms with E-state index in [9.17, 15) is 0 Å². The standard InChI is InChI=1S/C12H14BrNO/c13-10-3-2-9-7-12(15-11(9)6-10)4-1-5-14-8-12/h2-3,6,14H,1,4-5,7-8H2. The summed E-state index contributed by atoms with van der Waals surface area (Å²) in [6, 6.07) is 6.35. The van der Waals surface area contributed by atoms with E-state index in [0.29, 0.717) is 0 Å². The number of benzene rings is 1. The molecular formula is C12H14BrNO. The maximum absolute atomic E-state index is 6.12. The van der Waals surface area contributed by atoms with Gasteiger partial charge in [0.15, 0.2) is 0 Å². The number of nitrogens with one attached hydrogen (secondary N) is 1. The van der Waals surface area contributed by atoms with Gasteiger partial charge in [-0.25, -0.2) is 0 Å². The second-order valence-electron chi connectivity index (χ2n) is 4.49. The number of hydrogen-bond donors (Lipinski definition) is 1. The van der Waals surface area contributed by atoms with Crippen LogP contribution in [0, 0.1) is 0 Å². The van der Waals surface area contributed by atoms with E-state index in [4.69, 9.17) is 4.74 Å². The van der Waals surface area contributed by atoms with Gasteiger partial charge in [0.2, 0.25) is 0 Å². The Labute approximate surface area is 98.1 Å². The molecule has 2 nitrogen and oxygen atoms in total. The van der Waals surface area contributed by atoms with Crippen LogP contribution in [0.2, 0.25) is 0 Å². The number of rotatable bonds is 0. The SMILES string of the molecule is Brc1ccc2c(c1)OC1(CCCNC1)C2.